The topological polar surface area (TPSA) is 38.8 Å². The number of nitrogens with zero attached hydrogens (tertiary/aromatic N) is 1. The summed E-state index contributed by atoms with van der Waals surface area (Å²) in [6.07, 6.45) is 0. The van der Waals surface area contributed by atoms with Gasteiger partial charge in [0.25, 0.3) is 0 Å². The second-order valence-electron chi connectivity index (χ2n) is 17.1. The van der Waals surface area contributed by atoms with Gasteiger partial charge in [0.1, 0.15) is 33.8 Å². The molecule has 2 aromatic heterocycles. The lowest BCUT2D eigenvalue weighted by atomic mass is 9.66. The number of rotatable bonds is 5. The molecule has 304 valence electrons. The number of furan rings is 2. The fraction of sp³-hybridized carbons (Fsp3) is 0.0164. The monoisotopic (exact) mass is 831 g/mol. The maximum atomic E-state index is 7.10. The SMILES string of the molecule is c1ccc(-c2ccc(N(c3ccc4c(c3)Oc3ccccc3C43c4ccccc4-c4ccccc43)c3ccc4oc5cccc(-c6ccccc6)c5c4c3)c3c2oc2ccccc23)cc1. The van der Waals surface area contributed by atoms with Crippen LogP contribution in [0.2, 0.25) is 0 Å². The molecule has 0 saturated carbocycles. The summed E-state index contributed by atoms with van der Waals surface area (Å²) < 4.78 is 20.6. The Labute approximate surface area is 374 Å². The van der Waals surface area contributed by atoms with E-state index in [1.165, 1.54) is 22.3 Å². The molecule has 10 aromatic carbocycles. The second kappa shape index (κ2) is 13.7. The Morgan fingerprint density at radius 3 is 1.71 bits per heavy atom. The van der Waals surface area contributed by atoms with Gasteiger partial charge in [-0.25, -0.2) is 0 Å². The third-order valence-corrected chi connectivity index (χ3v) is 13.7. The smallest absolute Gasteiger partial charge is 0.145 e. The van der Waals surface area contributed by atoms with Crippen LogP contribution in [0.1, 0.15) is 22.3 Å². The summed E-state index contributed by atoms with van der Waals surface area (Å²) in [6, 6.07) is 79.9. The standard InChI is InChI=1S/C61H37NO3/c1-3-16-38(17-4-1)42-23-15-29-56-58(42)47-36-40(31-35-54(47)63-56)62(52-34-32-43(39-18-5-2-6-19-39)60-59(52)46-22-9-13-27-53(46)65-60)41-30-33-51-57(37-41)64-55-28-14-12-26-50(55)61(51)48-24-10-7-20-44(48)45-21-8-11-25-49(45)61/h1-37H. The van der Waals surface area contributed by atoms with Crippen molar-refractivity contribution >= 4 is 60.9 Å². The zero-order chi connectivity index (χ0) is 42.6. The van der Waals surface area contributed by atoms with E-state index in [0.29, 0.717) is 0 Å². The Hall–Kier alpha value is -8.60. The van der Waals surface area contributed by atoms with Crippen molar-refractivity contribution in [3.05, 3.63) is 247 Å². The second-order valence-corrected chi connectivity index (χ2v) is 17.1. The van der Waals surface area contributed by atoms with Crippen LogP contribution in [-0.2, 0) is 5.41 Å². The molecule has 1 aliphatic heterocycles. The Morgan fingerprint density at radius 2 is 0.923 bits per heavy atom. The van der Waals surface area contributed by atoms with Gasteiger partial charge in [-0.2, -0.15) is 0 Å². The van der Waals surface area contributed by atoms with Crippen LogP contribution in [0.3, 0.4) is 0 Å². The maximum absolute atomic E-state index is 7.10. The van der Waals surface area contributed by atoms with Crippen LogP contribution < -0.4 is 9.64 Å². The fourth-order valence-corrected chi connectivity index (χ4v) is 11.1. The minimum absolute atomic E-state index is 0.575. The van der Waals surface area contributed by atoms with E-state index in [4.69, 9.17) is 13.6 Å². The van der Waals surface area contributed by atoms with Crippen molar-refractivity contribution in [1.29, 1.82) is 0 Å². The molecule has 0 saturated heterocycles. The summed E-state index contributed by atoms with van der Waals surface area (Å²) in [5.41, 5.74) is 17.4. The number of hydrogen-bond acceptors (Lipinski definition) is 4. The molecule has 0 atom stereocenters. The van der Waals surface area contributed by atoms with E-state index >= 15 is 0 Å². The van der Waals surface area contributed by atoms with E-state index in [0.717, 1.165) is 106 Å². The van der Waals surface area contributed by atoms with Crippen LogP contribution in [0.5, 0.6) is 11.5 Å². The Bertz CT molecular complexity index is 3830. The van der Waals surface area contributed by atoms with Gasteiger partial charge in [-0.3, -0.25) is 0 Å². The number of ether oxygens (including phenoxy) is 1. The number of benzene rings is 10. The van der Waals surface area contributed by atoms with Crippen LogP contribution in [0, 0.1) is 0 Å². The van der Waals surface area contributed by atoms with Crippen molar-refractivity contribution in [2.75, 3.05) is 4.90 Å². The van der Waals surface area contributed by atoms with Crippen LogP contribution in [0.15, 0.2) is 233 Å². The molecule has 0 radical (unpaired) electrons. The molecule has 0 N–H and O–H groups in total. The molecule has 2 aliphatic rings. The molecule has 4 nitrogen and oxygen atoms in total. The normalized spacial score (nSPS) is 13.2. The van der Waals surface area contributed by atoms with E-state index in [1.54, 1.807) is 0 Å². The first-order valence-electron chi connectivity index (χ1n) is 22.2. The quantitative estimate of drug-likeness (QED) is 0.173. The lowest BCUT2D eigenvalue weighted by Gasteiger charge is -2.40. The molecule has 14 rings (SSSR count). The van der Waals surface area contributed by atoms with E-state index in [9.17, 15) is 0 Å². The van der Waals surface area contributed by atoms with Gasteiger partial charge in [0.2, 0.25) is 0 Å². The summed E-state index contributed by atoms with van der Waals surface area (Å²) in [5.74, 6) is 1.67. The van der Waals surface area contributed by atoms with Gasteiger partial charge in [0.05, 0.1) is 16.5 Å². The molecule has 1 spiro atoms. The highest BCUT2D eigenvalue weighted by Gasteiger charge is 2.51. The first-order chi connectivity index (χ1) is 32.2. The Kier molecular flexibility index (Phi) is 7.57. The van der Waals surface area contributed by atoms with Crippen molar-refractivity contribution in [3.63, 3.8) is 0 Å². The molecule has 65 heavy (non-hydrogen) atoms. The lowest BCUT2D eigenvalue weighted by Crippen LogP contribution is -2.32. The lowest BCUT2D eigenvalue weighted by molar-refractivity contribution is 0.436. The van der Waals surface area contributed by atoms with E-state index < -0.39 is 5.41 Å². The van der Waals surface area contributed by atoms with Crippen molar-refractivity contribution in [2.45, 2.75) is 5.41 Å². The summed E-state index contributed by atoms with van der Waals surface area (Å²) in [4.78, 5) is 2.37. The van der Waals surface area contributed by atoms with Gasteiger partial charge in [-0.15, -0.1) is 0 Å². The number of fused-ring (bicyclic) bond motifs is 15. The average Bonchev–Trinajstić information content (AvgIpc) is 4.04. The summed E-state index contributed by atoms with van der Waals surface area (Å²) in [6.45, 7) is 0. The summed E-state index contributed by atoms with van der Waals surface area (Å²) in [5, 5.41) is 4.20. The van der Waals surface area contributed by atoms with E-state index in [1.807, 2.05) is 6.07 Å². The maximum Gasteiger partial charge on any atom is 0.145 e. The van der Waals surface area contributed by atoms with E-state index in [-0.39, 0.29) is 0 Å². The third kappa shape index (κ3) is 5.08. The van der Waals surface area contributed by atoms with E-state index in [2.05, 4.69) is 223 Å². The highest BCUT2D eigenvalue weighted by atomic mass is 16.5. The first kappa shape index (κ1) is 35.9. The molecule has 3 heterocycles. The van der Waals surface area contributed by atoms with Crippen molar-refractivity contribution in [2.24, 2.45) is 0 Å². The predicted molar refractivity (Wildman–Crippen MR) is 264 cm³/mol. The number of para-hydroxylation sites is 2. The number of hydrogen-bond donors (Lipinski definition) is 0. The average molecular weight is 832 g/mol. The minimum atomic E-state index is -0.575. The molecule has 0 amide bonds. The molecule has 1 aliphatic carbocycles. The van der Waals surface area contributed by atoms with Gasteiger partial charge in [-0.05, 0) is 93.5 Å². The highest BCUT2D eigenvalue weighted by molar-refractivity contribution is 6.18. The van der Waals surface area contributed by atoms with Crippen LogP contribution in [0.25, 0.3) is 77.3 Å². The van der Waals surface area contributed by atoms with Crippen LogP contribution in [0.4, 0.5) is 17.1 Å². The molecule has 0 fully saturated rings. The first-order valence-corrected chi connectivity index (χ1v) is 22.2. The summed E-state index contributed by atoms with van der Waals surface area (Å²) in [7, 11) is 0. The van der Waals surface area contributed by atoms with Gasteiger partial charge in [0.15, 0.2) is 0 Å². The predicted octanol–water partition coefficient (Wildman–Crippen LogP) is 16.8. The van der Waals surface area contributed by atoms with Crippen molar-refractivity contribution in [3.8, 4) is 44.9 Å². The van der Waals surface area contributed by atoms with Gasteiger partial charge < -0.3 is 18.5 Å². The zero-order valence-corrected chi connectivity index (χ0v) is 35.0. The Morgan fingerprint density at radius 1 is 0.338 bits per heavy atom. The molecule has 12 aromatic rings. The van der Waals surface area contributed by atoms with Crippen molar-refractivity contribution in [1.82, 2.24) is 0 Å². The highest BCUT2D eigenvalue weighted by Crippen LogP contribution is 2.62. The third-order valence-electron chi connectivity index (χ3n) is 13.7. The molecule has 0 bridgehead atoms. The molecule has 4 heteroatoms. The zero-order valence-electron chi connectivity index (χ0n) is 35.0. The molecular formula is C61H37NO3. The fourth-order valence-electron chi connectivity index (χ4n) is 11.1. The molecular weight excluding hydrogens is 795 g/mol. The van der Waals surface area contributed by atoms with Crippen molar-refractivity contribution < 1.29 is 13.6 Å². The number of anilines is 3. The van der Waals surface area contributed by atoms with Gasteiger partial charge in [-0.1, -0.05) is 164 Å². The van der Waals surface area contributed by atoms with Crippen LogP contribution >= 0.6 is 0 Å². The summed E-state index contributed by atoms with van der Waals surface area (Å²) >= 11 is 0. The van der Waals surface area contributed by atoms with Gasteiger partial charge >= 0.3 is 0 Å². The van der Waals surface area contributed by atoms with Gasteiger partial charge in [0, 0.05) is 50.3 Å². The molecule has 0 unspecified atom stereocenters. The van der Waals surface area contributed by atoms with Crippen LogP contribution in [-0.4, -0.2) is 0 Å². The largest absolute Gasteiger partial charge is 0.457 e. The Balaban J connectivity index is 1.06. The minimum Gasteiger partial charge on any atom is -0.457 e.